The molecule has 0 aliphatic rings. The van der Waals surface area contributed by atoms with Crippen LogP contribution in [0.1, 0.15) is 17.3 Å². The molecule has 0 spiro atoms. The first kappa shape index (κ1) is 14.9. The van der Waals surface area contributed by atoms with Gasteiger partial charge in [-0.25, -0.2) is 4.39 Å². The fourth-order valence-corrected chi connectivity index (χ4v) is 1.09. The molecule has 90 valence electrons. The zero-order chi connectivity index (χ0) is 11.3. The van der Waals surface area contributed by atoms with Crippen molar-refractivity contribution in [2.75, 3.05) is 13.6 Å². The van der Waals surface area contributed by atoms with Gasteiger partial charge in [-0.2, -0.15) is 0 Å². The zero-order valence-corrected chi connectivity index (χ0v) is 10.1. The summed E-state index contributed by atoms with van der Waals surface area (Å²) in [6.45, 7) is 2.41. The van der Waals surface area contributed by atoms with Gasteiger partial charge in [0.05, 0.1) is 5.56 Å². The Balaban J connectivity index is 0.00000225. The van der Waals surface area contributed by atoms with E-state index in [1.165, 1.54) is 12.1 Å². The van der Waals surface area contributed by atoms with E-state index in [0.29, 0.717) is 6.54 Å². The molecule has 16 heavy (non-hydrogen) atoms. The molecule has 2 N–H and O–H groups in total. The van der Waals surface area contributed by atoms with E-state index in [-0.39, 0.29) is 29.9 Å². The number of rotatable bonds is 4. The highest BCUT2D eigenvalue weighted by Crippen LogP contribution is 2.05. The van der Waals surface area contributed by atoms with Gasteiger partial charge in [0, 0.05) is 12.6 Å². The Hall–Kier alpha value is -1.13. The number of hydrogen-bond donors (Lipinski definition) is 2. The van der Waals surface area contributed by atoms with Crippen molar-refractivity contribution in [2.45, 2.75) is 13.0 Å². The smallest absolute Gasteiger partial charge is 0.254 e. The number of benzene rings is 1. The van der Waals surface area contributed by atoms with Gasteiger partial charge in [0.1, 0.15) is 5.82 Å². The lowest BCUT2D eigenvalue weighted by atomic mass is 10.2. The van der Waals surface area contributed by atoms with Gasteiger partial charge < -0.3 is 10.6 Å². The highest BCUT2D eigenvalue weighted by atomic mass is 35.5. The lowest BCUT2D eigenvalue weighted by molar-refractivity contribution is 0.0946. The quantitative estimate of drug-likeness (QED) is 0.847. The van der Waals surface area contributed by atoms with Crippen molar-refractivity contribution in [1.29, 1.82) is 0 Å². The van der Waals surface area contributed by atoms with Gasteiger partial charge in [-0.15, -0.1) is 12.4 Å². The maximum absolute atomic E-state index is 13.2. The fourth-order valence-electron chi connectivity index (χ4n) is 1.09. The molecule has 0 bridgehead atoms. The van der Waals surface area contributed by atoms with Crippen LogP contribution < -0.4 is 10.6 Å². The van der Waals surface area contributed by atoms with Crippen LogP contribution in [0.5, 0.6) is 0 Å². The Kier molecular flexibility index (Phi) is 6.69. The summed E-state index contributed by atoms with van der Waals surface area (Å²) in [6.07, 6.45) is 0. The standard InChI is InChI=1S/C11H15FN2O.ClH/c1-8(13-2)7-14-11(15)9-5-3-4-6-10(9)12;/h3-6,8,13H,7H2,1-2H3,(H,14,15);1H. The highest BCUT2D eigenvalue weighted by Gasteiger charge is 2.10. The first-order valence-electron chi connectivity index (χ1n) is 4.85. The molecule has 1 aromatic carbocycles. The number of likely N-dealkylation sites (N-methyl/N-ethyl adjacent to an activating group) is 1. The van der Waals surface area contributed by atoms with Crippen LogP contribution >= 0.6 is 12.4 Å². The van der Waals surface area contributed by atoms with Crippen LogP contribution in [0.15, 0.2) is 24.3 Å². The van der Waals surface area contributed by atoms with Crippen molar-refractivity contribution in [2.24, 2.45) is 0 Å². The van der Waals surface area contributed by atoms with Gasteiger partial charge in [-0.1, -0.05) is 12.1 Å². The van der Waals surface area contributed by atoms with Gasteiger partial charge in [0.15, 0.2) is 0 Å². The topological polar surface area (TPSA) is 41.1 Å². The van der Waals surface area contributed by atoms with Crippen molar-refractivity contribution >= 4 is 18.3 Å². The fraction of sp³-hybridized carbons (Fsp3) is 0.364. The lowest BCUT2D eigenvalue weighted by Crippen LogP contribution is -2.37. The van der Waals surface area contributed by atoms with E-state index in [1.54, 1.807) is 19.2 Å². The predicted molar refractivity (Wildman–Crippen MR) is 64.5 cm³/mol. The maximum atomic E-state index is 13.2. The maximum Gasteiger partial charge on any atom is 0.254 e. The van der Waals surface area contributed by atoms with Crippen molar-refractivity contribution in [3.8, 4) is 0 Å². The predicted octanol–water partition coefficient (Wildman–Crippen LogP) is 1.59. The second-order valence-electron chi connectivity index (χ2n) is 3.38. The molecule has 0 aliphatic carbocycles. The third kappa shape index (κ3) is 4.16. The van der Waals surface area contributed by atoms with E-state index in [1.807, 2.05) is 6.92 Å². The van der Waals surface area contributed by atoms with Crippen molar-refractivity contribution < 1.29 is 9.18 Å². The van der Waals surface area contributed by atoms with E-state index in [4.69, 9.17) is 0 Å². The number of halogens is 2. The van der Waals surface area contributed by atoms with E-state index in [9.17, 15) is 9.18 Å². The average Bonchev–Trinajstić information content (AvgIpc) is 2.26. The molecule has 3 nitrogen and oxygen atoms in total. The molecule has 1 aromatic rings. The minimum absolute atomic E-state index is 0. The summed E-state index contributed by atoms with van der Waals surface area (Å²) in [5, 5.41) is 5.63. The van der Waals surface area contributed by atoms with Crippen molar-refractivity contribution in [3.63, 3.8) is 0 Å². The summed E-state index contributed by atoms with van der Waals surface area (Å²) >= 11 is 0. The van der Waals surface area contributed by atoms with Gasteiger partial charge in [-0.3, -0.25) is 4.79 Å². The van der Waals surface area contributed by atoms with Crippen molar-refractivity contribution in [1.82, 2.24) is 10.6 Å². The van der Waals surface area contributed by atoms with Gasteiger partial charge in [0.2, 0.25) is 0 Å². The molecule has 1 amide bonds. The monoisotopic (exact) mass is 246 g/mol. The van der Waals surface area contributed by atoms with Crippen LogP contribution in [-0.4, -0.2) is 25.5 Å². The molecule has 0 aromatic heterocycles. The van der Waals surface area contributed by atoms with Crippen LogP contribution in [0.3, 0.4) is 0 Å². The Bertz CT molecular complexity index is 347. The first-order chi connectivity index (χ1) is 7.15. The molecule has 1 rings (SSSR count). The zero-order valence-electron chi connectivity index (χ0n) is 9.29. The second-order valence-corrected chi connectivity index (χ2v) is 3.38. The molecule has 1 unspecified atom stereocenters. The Morgan fingerprint density at radius 1 is 1.44 bits per heavy atom. The van der Waals surface area contributed by atoms with Crippen LogP contribution in [0.4, 0.5) is 4.39 Å². The summed E-state index contributed by atoms with van der Waals surface area (Å²) < 4.78 is 13.2. The Labute approximate surface area is 101 Å². The van der Waals surface area contributed by atoms with E-state index in [0.717, 1.165) is 0 Å². The summed E-state index contributed by atoms with van der Waals surface area (Å²) in [5.41, 5.74) is 0.0841. The van der Waals surface area contributed by atoms with E-state index in [2.05, 4.69) is 10.6 Å². The summed E-state index contributed by atoms with van der Waals surface area (Å²) in [5.74, 6) is -0.873. The molecular formula is C11H16ClFN2O. The molecular weight excluding hydrogens is 231 g/mol. The molecule has 0 fully saturated rings. The molecule has 0 heterocycles. The number of hydrogen-bond acceptors (Lipinski definition) is 2. The molecule has 0 saturated carbocycles. The minimum atomic E-state index is -0.493. The van der Waals surface area contributed by atoms with Crippen LogP contribution in [0.2, 0.25) is 0 Å². The van der Waals surface area contributed by atoms with Crippen LogP contribution in [-0.2, 0) is 0 Å². The number of nitrogens with one attached hydrogen (secondary N) is 2. The van der Waals surface area contributed by atoms with E-state index < -0.39 is 5.82 Å². The van der Waals surface area contributed by atoms with Crippen LogP contribution in [0.25, 0.3) is 0 Å². The van der Waals surface area contributed by atoms with Gasteiger partial charge in [-0.05, 0) is 26.1 Å². The third-order valence-electron chi connectivity index (χ3n) is 2.18. The summed E-state index contributed by atoms with van der Waals surface area (Å²) in [6, 6.07) is 6.10. The molecule has 0 radical (unpaired) electrons. The minimum Gasteiger partial charge on any atom is -0.350 e. The van der Waals surface area contributed by atoms with Gasteiger partial charge in [0.25, 0.3) is 5.91 Å². The number of carbonyl (C=O) groups is 1. The average molecular weight is 247 g/mol. The van der Waals surface area contributed by atoms with Gasteiger partial charge >= 0.3 is 0 Å². The Morgan fingerprint density at radius 3 is 2.62 bits per heavy atom. The third-order valence-corrected chi connectivity index (χ3v) is 2.18. The Morgan fingerprint density at radius 2 is 2.06 bits per heavy atom. The highest BCUT2D eigenvalue weighted by molar-refractivity contribution is 5.94. The second kappa shape index (κ2) is 7.19. The summed E-state index contributed by atoms with van der Waals surface area (Å²) in [4.78, 5) is 11.5. The lowest BCUT2D eigenvalue weighted by Gasteiger charge is -2.11. The molecule has 0 aliphatic heterocycles. The molecule has 1 atom stereocenters. The van der Waals surface area contributed by atoms with Crippen LogP contribution in [0, 0.1) is 5.82 Å². The first-order valence-corrected chi connectivity index (χ1v) is 4.85. The number of carbonyl (C=O) groups excluding carboxylic acids is 1. The SMILES string of the molecule is CNC(C)CNC(=O)c1ccccc1F.Cl. The number of amides is 1. The molecule has 5 heteroatoms. The largest absolute Gasteiger partial charge is 0.350 e. The normalized spacial score (nSPS) is 11.4. The van der Waals surface area contributed by atoms with E-state index >= 15 is 0 Å². The molecule has 0 saturated heterocycles. The van der Waals surface area contributed by atoms with Crippen molar-refractivity contribution in [3.05, 3.63) is 35.6 Å². The summed E-state index contributed by atoms with van der Waals surface area (Å²) in [7, 11) is 1.81.